The molecular formula is C13H21N3OS. The van der Waals surface area contributed by atoms with Crippen molar-refractivity contribution in [1.82, 2.24) is 4.98 Å². The molecule has 0 saturated heterocycles. The molecule has 0 aliphatic heterocycles. The zero-order chi connectivity index (χ0) is 13.2. The first kappa shape index (κ1) is 13.5. The van der Waals surface area contributed by atoms with Crippen LogP contribution in [0.3, 0.4) is 0 Å². The Morgan fingerprint density at radius 1 is 1.50 bits per heavy atom. The molecule has 1 aliphatic rings. The standard InChI is InChI=1S/C13H21N3OS/c1-3-8-13(2,14)11(17)16-12-15-9-6-4-5-7-10(9)18-12/h3-8,14H2,1-2H3,(H,15,16,17). The van der Waals surface area contributed by atoms with E-state index in [2.05, 4.69) is 10.3 Å². The maximum atomic E-state index is 12.1. The summed E-state index contributed by atoms with van der Waals surface area (Å²) in [5.41, 5.74) is 6.36. The molecule has 1 aromatic rings. The molecule has 100 valence electrons. The number of nitrogens with zero attached hydrogens (tertiary/aromatic N) is 1. The van der Waals surface area contributed by atoms with Gasteiger partial charge in [0, 0.05) is 4.88 Å². The minimum Gasteiger partial charge on any atom is -0.318 e. The molecule has 0 radical (unpaired) electrons. The highest BCUT2D eigenvalue weighted by molar-refractivity contribution is 7.15. The summed E-state index contributed by atoms with van der Waals surface area (Å²) in [6.45, 7) is 3.81. The number of anilines is 1. The van der Waals surface area contributed by atoms with Crippen molar-refractivity contribution in [1.29, 1.82) is 0 Å². The molecule has 0 saturated carbocycles. The van der Waals surface area contributed by atoms with E-state index in [1.165, 1.54) is 17.7 Å². The Bertz CT molecular complexity index is 416. The average molecular weight is 267 g/mol. The van der Waals surface area contributed by atoms with Crippen molar-refractivity contribution in [3.8, 4) is 0 Å². The van der Waals surface area contributed by atoms with E-state index in [1.54, 1.807) is 18.3 Å². The monoisotopic (exact) mass is 267 g/mol. The number of amides is 1. The van der Waals surface area contributed by atoms with E-state index in [4.69, 9.17) is 5.73 Å². The van der Waals surface area contributed by atoms with Gasteiger partial charge in [-0.25, -0.2) is 4.98 Å². The van der Waals surface area contributed by atoms with E-state index in [0.29, 0.717) is 11.6 Å². The number of nitrogens with two attached hydrogens (primary N) is 1. The van der Waals surface area contributed by atoms with Gasteiger partial charge in [0.05, 0.1) is 11.2 Å². The molecule has 1 heterocycles. The number of thiazole rings is 1. The van der Waals surface area contributed by atoms with E-state index in [-0.39, 0.29) is 5.91 Å². The van der Waals surface area contributed by atoms with Crippen molar-refractivity contribution in [2.45, 2.75) is 57.9 Å². The van der Waals surface area contributed by atoms with Crippen molar-refractivity contribution >= 4 is 22.4 Å². The van der Waals surface area contributed by atoms with Gasteiger partial charge in [-0.3, -0.25) is 4.79 Å². The van der Waals surface area contributed by atoms with Crippen LogP contribution in [0.1, 0.15) is 50.1 Å². The average Bonchev–Trinajstić information content (AvgIpc) is 2.70. The first-order chi connectivity index (χ1) is 8.53. The predicted molar refractivity (Wildman–Crippen MR) is 74.9 cm³/mol. The van der Waals surface area contributed by atoms with Crippen molar-refractivity contribution < 1.29 is 4.79 Å². The van der Waals surface area contributed by atoms with Crippen LogP contribution >= 0.6 is 11.3 Å². The van der Waals surface area contributed by atoms with Gasteiger partial charge < -0.3 is 11.1 Å². The van der Waals surface area contributed by atoms with Crippen LogP contribution in [-0.2, 0) is 17.6 Å². The number of aryl methyl sites for hydroxylation is 2. The Balaban J connectivity index is 2.05. The van der Waals surface area contributed by atoms with Gasteiger partial charge in [-0.2, -0.15) is 0 Å². The maximum absolute atomic E-state index is 12.1. The fraction of sp³-hybridized carbons (Fsp3) is 0.692. The Hall–Kier alpha value is -0.940. The third kappa shape index (κ3) is 2.90. The number of hydrogen-bond acceptors (Lipinski definition) is 4. The molecule has 1 aromatic heterocycles. The Morgan fingerprint density at radius 3 is 2.89 bits per heavy atom. The highest BCUT2D eigenvalue weighted by atomic mass is 32.1. The normalized spacial score (nSPS) is 17.9. The molecule has 2 rings (SSSR count). The van der Waals surface area contributed by atoms with E-state index in [9.17, 15) is 4.79 Å². The van der Waals surface area contributed by atoms with E-state index < -0.39 is 5.54 Å². The summed E-state index contributed by atoms with van der Waals surface area (Å²) < 4.78 is 0. The summed E-state index contributed by atoms with van der Waals surface area (Å²) in [6.07, 6.45) is 6.15. The minimum atomic E-state index is -0.805. The zero-order valence-electron chi connectivity index (χ0n) is 11.1. The number of fused-ring (bicyclic) bond motifs is 1. The van der Waals surface area contributed by atoms with Crippen LogP contribution in [-0.4, -0.2) is 16.4 Å². The number of aromatic nitrogens is 1. The first-order valence-corrected chi connectivity index (χ1v) is 7.43. The van der Waals surface area contributed by atoms with Crippen molar-refractivity contribution in [2.24, 2.45) is 5.73 Å². The lowest BCUT2D eigenvalue weighted by Gasteiger charge is -2.21. The van der Waals surface area contributed by atoms with Crippen LogP contribution in [0.4, 0.5) is 5.13 Å². The van der Waals surface area contributed by atoms with Gasteiger partial charge >= 0.3 is 0 Å². The lowest BCUT2D eigenvalue weighted by atomic mass is 9.97. The van der Waals surface area contributed by atoms with Gasteiger partial charge in [0.15, 0.2) is 5.13 Å². The van der Waals surface area contributed by atoms with E-state index in [1.807, 2.05) is 6.92 Å². The molecule has 1 atom stereocenters. The van der Waals surface area contributed by atoms with Gasteiger partial charge in [-0.1, -0.05) is 13.3 Å². The topological polar surface area (TPSA) is 68.0 Å². The Labute approximate surface area is 112 Å². The zero-order valence-corrected chi connectivity index (χ0v) is 11.9. The van der Waals surface area contributed by atoms with E-state index in [0.717, 1.165) is 25.0 Å². The highest BCUT2D eigenvalue weighted by Crippen LogP contribution is 2.29. The molecule has 1 aliphatic carbocycles. The first-order valence-electron chi connectivity index (χ1n) is 6.62. The third-order valence-electron chi connectivity index (χ3n) is 3.35. The van der Waals surface area contributed by atoms with Gasteiger partial charge in [0.2, 0.25) is 5.91 Å². The molecule has 3 N–H and O–H groups in total. The van der Waals surface area contributed by atoms with Crippen molar-refractivity contribution in [3.63, 3.8) is 0 Å². The number of nitrogens with one attached hydrogen (secondary N) is 1. The lowest BCUT2D eigenvalue weighted by molar-refractivity contribution is -0.120. The Kier molecular flexibility index (Phi) is 4.02. The van der Waals surface area contributed by atoms with Gasteiger partial charge in [-0.05, 0) is 39.0 Å². The third-order valence-corrected chi connectivity index (χ3v) is 4.43. The van der Waals surface area contributed by atoms with Crippen LogP contribution in [0, 0.1) is 0 Å². The van der Waals surface area contributed by atoms with Gasteiger partial charge in [-0.15, -0.1) is 11.3 Å². The number of hydrogen-bond donors (Lipinski definition) is 2. The smallest absolute Gasteiger partial charge is 0.245 e. The van der Waals surface area contributed by atoms with Crippen LogP contribution < -0.4 is 11.1 Å². The summed E-state index contributed by atoms with van der Waals surface area (Å²) in [5, 5.41) is 3.58. The largest absolute Gasteiger partial charge is 0.318 e. The molecule has 0 aromatic carbocycles. The van der Waals surface area contributed by atoms with Crippen LogP contribution in [0.5, 0.6) is 0 Å². The molecule has 0 fully saturated rings. The fourth-order valence-electron chi connectivity index (χ4n) is 2.28. The molecule has 1 amide bonds. The molecule has 0 spiro atoms. The molecule has 18 heavy (non-hydrogen) atoms. The maximum Gasteiger partial charge on any atom is 0.245 e. The second kappa shape index (κ2) is 5.36. The summed E-state index contributed by atoms with van der Waals surface area (Å²) >= 11 is 1.60. The van der Waals surface area contributed by atoms with Crippen molar-refractivity contribution in [3.05, 3.63) is 10.6 Å². The molecular weight excluding hydrogens is 246 g/mol. The van der Waals surface area contributed by atoms with Gasteiger partial charge in [0.1, 0.15) is 0 Å². The summed E-state index contributed by atoms with van der Waals surface area (Å²) in [4.78, 5) is 17.9. The fourth-order valence-corrected chi connectivity index (χ4v) is 3.32. The SMILES string of the molecule is CCCC(C)(N)C(=O)Nc1nc2c(s1)CCCC2. The van der Waals surface area contributed by atoms with Gasteiger partial charge in [0.25, 0.3) is 0 Å². The number of rotatable bonds is 4. The molecule has 0 bridgehead atoms. The van der Waals surface area contributed by atoms with E-state index >= 15 is 0 Å². The lowest BCUT2D eigenvalue weighted by Crippen LogP contribution is -2.48. The number of carbonyl (C=O) groups is 1. The predicted octanol–water partition coefficient (Wildman–Crippen LogP) is 2.48. The molecule has 4 nitrogen and oxygen atoms in total. The van der Waals surface area contributed by atoms with Crippen LogP contribution in [0.2, 0.25) is 0 Å². The summed E-state index contributed by atoms with van der Waals surface area (Å²) in [5.74, 6) is -0.129. The number of carbonyl (C=O) groups excluding carboxylic acids is 1. The summed E-state index contributed by atoms with van der Waals surface area (Å²) in [7, 11) is 0. The van der Waals surface area contributed by atoms with Crippen LogP contribution in [0.25, 0.3) is 0 Å². The molecule has 5 heteroatoms. The quantitative estimate of drug-likeness (QED) is 0.880. The minimum absolute atomic E-state index is 0.129. The van der Waals surface area contributed by atoms with Crippen molar-refractivity contribution in [2.75, 3.05) is 5.32 Å². The van der Waals surface area contributed by atoms with Crippen LogP contribution in [0.15, 0.2) is 0 Å². The molecule has 1 unspecified atom stereocenters. The summed E-state index contributed by atoms with van der Waals surface area (Å²) in [6, 6.07) is 0. The second-order valence-corrected chi connectivity index (χ2v) is 6.30. The Morgan fingerprint density at radius 2 is 2.22 bits per heavy atom. The second-order valence-electron chi connectivity index (χ2n) is 5.22. The highest BCUT2D eigenvalue weighted by Gasteiger charge is 2.28.